The number of rotatable bonds is 9. The van der Waals surface area contributed by atoms with Crippen LogP contribution in [-0.4, -0.2) is 27.6 Å². The van der Waals surface area contributed by atoms with Gasteiger partial charge in [0.1, 0.15) is 23.2 Å². The number of imidazole rings is 1. The zero-order valence-electron chi connectivity index (χ0n) is 23.2. The minimum Gasteiger partial charge on any atom is -0.491 e. The first-order chi connectivity index (χ1) is 17.3. The molecular weight excluding hydrogens is 472 g/mol. The summed E-state index contributed by atoms with van der Waals surface area (Å²) in [7, 11) is 1.88. The van der Waals surface area contributed by atoms with Crippen LogP contribution in [0.4, 0.5) is 8.78 Å². The summed E-state index contributed by atoms with van der Waals surface area (Å²) in [5.41, 5.74) is 2.01. The Morgan fingerprint density at radius 2 is 1.78 bits per heavy atom. The average molecular weight is 512 g/mol. The summed E-state index contributed by atoms with van der Waals surface area (Å²) in [4.78, 5) is 17.6. The van der Waals surface area contributed by atoms with Crippen LogP contribution in [0.15, 0.2) is 36.5 Å². The average Bonchev–Trinajstić information content (AvgIpc) is 3.19. The summed E-state index contributed by atoms with van der Waals surface area (Å²) < 4.78 is 38.0. The molecule has 37 heavy (non-hydrogen) atoms. The molecular formula is C30H39F2N3O2. The first-order valence-corrected chi connectivity index (χ1v) is 12.9. The van der Waals surface area contributed by atoms with E-state index in [-0.39, 0.29) is 29.4 Å². The Kier molecular flexibility index (Phi) is 8.77. The third-order valence-corrected chi connectivity index (χ3v) is 6.21. The van der Waals surface area contributed by atoms with E-state index in [1.54, 1.807) is 24.4 Å². The van der Waals surface area contributed by atoms with Gasteiger partial charge in [-0.1, -0.05) is 34.1 Å². The summed E-state index contributed by atoms with van der Waals surface area (Å²) in [5, 5.41) is 2.97. The van der Waals surface area contributed by atoms with E-state index in [0.717, 1.165) is 23.6 Å². The van der Waals surface area contributed by atoms with Gasteiger partial charge in [-0.25, -0.2) is 13.8 Å². The van der Waals surface area contributed by atoms with E-state index >= 15 is 8.78 Å². The zero-order chi connectivity index (χ0) is 27.5. The number of halogens is 2. The molecule has 1 heterocycles. The fourth-order valence-corrected chi connectivity index (χ4v) is 4.51. The van der Waals surface area contributed by atoms with Gasteiger partial charge < -0.3 is 14.6 Å². The van der Waals surface area contributed by atoms with Gasteiger partial charge in [-0.2, -0.15) is 0 Å². The van der Waals surface area contributed by atoms with Gasteiger partial charge in [-0.15, -0.1) is 0 Å². The second-order valence-electron chi connectivity index (χ2n) is 11.0. The Labute approximate surface area is 219 Å². The van der Waals surface area contributed by atoms with Crippen LogP contribution in [0, 0.1) is 18.6 Å². The van der Waals surface area contributed by atoms with Crippen molar-refractivity contribution in [1.29, 1.82) is 0 Å². The molecule has 1 atom stereocenters. The maximum Gasteiger partial charge on any atom is 0.251 e. The van der Waals surface area contributed by atoms with Gasteiger partial charge in [0.05, 0.1) is 11.8 Å². The van der Waals surface area contributed by atoms with Crippen molar-refractivity contribution in [3.05, 3.63) is 70.7 Å². The number of carbonyl (C=O) groups excluding carboxylic acids is 1. The van der Waals surface area contributed by atoms with Gasteiger partial charge in [-0.3, -0.25) is 4.79 Å². The van der Waals surface area contributed by atoms with Gasteiger partial charge >= 0.3 is 0 Å². The summed E-state index contributed by atoms with van der Waals surface area (Å²) in [6.07, 6.45) is 3.22. The molecule has 200 valence electrons. The molecule has 5 nitrogen and oxygen atoms in total. The normalized spacial score (nSPS) is 12.6. The van der Waals surface area contributed by atoms with Gasteiger partial charge in [0, 0.05) is 41.4 Å². The van der Waals surface area contributed by atoms with Crippen molar-refractivity contribution >= 4 is 5.91 Å². The molecule has 0 aliphatic rings. The second kappa shape index (κ2) is 11.4. The van der Waals surface area contributed by atoms with Crippen molar-refractivity contribution in [3.63, 3.8) is 0 Å². The van der Waals surface area contributed by atoms with E-state index in [1.165, 1.54) is 12.1 Å². The van der Waals surface area contributed by atoms with Gasteiger partial charge in [0.25, 0.3) is 5.91 Å². The molecule has 0 spiro atoms. The molecule has 0 radical (unpaired) electrons. The first-order valence-electron chi connectivity index (χ1n) is 12.9. The number of nitrogens with zero attached hydrogens (tertiary/aromatic N) is 2. The van der Waals surface area contributed by atoms with Crippen molar-refractivity contribution in [2.45, 2.75) is 85.3 Å². The number of hydrogen-bond donors (Lipinski definition) is 1. The topological polar surface area (TPSA) is 56.2 Å². The summed E-state index contributed by atoms with van der Waals surface area (Å²) in [6.45, 7) is 13.9. The Morgan fingerprint density at radius 3 is 2.30 bits per heavy atom. The van der Waals surface area contributed by atoms with E-state index in [9.17, 15) is 4.79 Å². The number of hydrogen-bond acceptors (Lipinski definition) is 3. The van der Waals surface area contributed by atoms with Crippen molar-refractivity contribution in [1.82, 2.24) is 14.9 Å². The maximum atomic E-state index is 15.2. The third kappa shape index (κ3) is 6.96. The molecule has 3 rings (SSSR count). The Hall–Kier alpha value is -3.22. The lowest BCUT2D eigenvalue weighted by atomic mass is 9.96. The standard InChI is InChI=1S/C30H39F2N3O2/c1-9-10-22(33-28(36)20-11-12-27(19(4)13-20)37-18(2)3)16-23-24(31)14-21(15-25(23)32)26-17-35(8)29(34-26)30(5,6)7/h11-15,17-18,22H,9-10,16H2,1-8H3,(H,33,36)/t22-/m1/s1. The van der Waals surface area contributed by atoms with Crippen molar-refractivity contribution < 1.29 is 18.3 Å². The molecule has 1 N–H and O–H groups in total. The highest BCUT2D eigenvalue weighted by molar-refractivity contribution is 5.94. The molecule has 3 aromatic rings. The van der Waals surface area contributed by atoms with Gasteiger partial charge in [-0.05, 0) is 69.5 Å². The van der Waals surface area contributed by atoms with Crippen LogP contribution in [0.2, 0.25) is 0 Å². The number of amides is 1. The second-order valence-corrected chi connectivity index (χ2v) is 11.0. The van der Waals surface area contributed by atoms with Gasteiger partial charge in [0.15, 0.2) is 0 Å². The van der Waals surface area contributed by atoms with E-state index in [0.29, 0.717) is 23.2 Å². The van der Waals surface area contributed by atoms with Crippen LogP contribution < -0.4 is 10.1 Å². The molecule has 0 aliphatic heterocycles. The molecule has 2 aromatic carbocycles. The van der Waals surface area contributed by atoms with Crippen LogP contribution >= 0.6 is 0 Å². The number of carbonyl (C=O) groups is 1. The SMILES string of the molecule is CCC[C@H](Cc1c(F)cc(-c2cn(C)c(C(C)(C)C)n2)cc1F)NC(=O)c1ccc(OC(C)C)c(C)c1. The van der Waals surface area contributed by atoms with Crippen LogP contribution in [0.5, 0.6) is 5.75 Å². The van der Waals surface area contributed by atoms with Crippen LogP contribution in [0.3, 0.4) is 0 Å². The molecule has 0 bridgehead atoms. The van der Waals surface area contributed by atoms with Crippen LogP contribution in [-0.2, 0) is 18.9 Å². The lowest BCUT2D eigenvalue weighted by Gasteiger charge is -2.20. The summed E-state index contributed by atoms with van der Waals surface area (Å²) in [5.74, 6) is -0.00228. The molecule has 1 amide bonds. The van der Waals surface area contributed by atoms with Crippen molar-refractivity contribution in [3.8, 4) is 17.0 Å². The number of nitrogens with one attached hydrogen (secondary N) is 1. The highest BCUT2D eigenvalue weighted by atomic mass is 19.1. The molecule has 0 fully saturated rings. The lowest BCUT2D eigenvalue weighted by Crippen LogP contribution is -2.36. The number of aromatic nitrogens is 2. The lowest BCUT2D eigenvalue weighted by molar-refractivity contribution is 0.0934. The summed E-state index contributed by atoms with van der Waals surface area (Å²) in [6, 6.07) is 7.49. The summed E-state index contributed by atoms with van der Waals surface area (Å²) >= 11 is 0. The molecule has 0 aliphatic carbocycles. The fourth-order valence-electron chi connectivity index (χ4n) is 4.51. The largest absolute Gasteiger partial charge is 0.491 e. The predicted octanol–water partition coefficient (Wildman–Crippen LogP) is 6.90. The van der Waals surface area contributed by atoms with E-state index < -0.39 is 17.7 Å². The number of benzene rings is 2. The quantitative estimate of drug-likeness (QED) is 0.340. The van der Waals surface area contributed by atoms with E-state index in [4.69, 9.17) is 4.74 Å². The number of aryl methyl sites for hydroxylation is 2. The van der Waals surface area contributed by atoms with Crippen LogP contribution in [0.25, 0.3) is 11.3 Å². The number of ether oxygens (including phenoxy) is 1. The zero-order valence-corrected chi connectivity index (χ0v) is 23.2. The van der Waals surface area contributed by atoms with E-state index in [1.807, 2.05) is 60.1 Å². The van der Waals surface area contributed by atoms with E-state index in [2.05, 4.69) is 10.3 Å². The highest BCUT2D eigenvalue weighted by Gasteiger charge is 2.23. The maximum absolute atomic E-state index is 15.2. The van der Waals surface area contributed by atoms with Crippen molar-refractivity contribution in [2.24, 2.45) is 7.05 Å². The Bertz CT molecular complexity index is 1240. The first kappa shape index (κ1) is 28.4. The highest BCUT2D eigenvalue weighted by Crippen LogP contribution is 2.29. The van der Waals surface area contributed by atoms with Crippen molar-refractivity contribution in [2.75, 3.05) is 0 Å². The molecule has 1 aromatic heterocycles. The molecule has 7 heteroatoms. The minimum atomic E-state index is -0.639. The third-order valence-electron chi connectivity index (χ3n) is 6.21. The molecule has 0 unspecified atom stereocenters. The monoisotopic (exact) mass is 511 g/mol. The minimum absolute atomic E-state index is 0.0294. The Balaban J connectivity index is 1.81. The Morgan fingerprint density at radius 1 is 1.14 bits per heavy atom. The van der Waals surface area contributed by atoms with Gasteiger partial charge in [0.2, 0.25) is 0 Å². The smallest absolute Gasteiger partial charge is 0.251 e. The predicted molar refractivity (Wildman–Crippen MR) is 144 cm³/mol. The molecule has 0 saturated carbocycles. The molecule has 0 saturated heterocycles. The van der Waals surface area contributed by atoms with Crippen LogP contribution in [0.1, 0.15) is 81.7 Å². The fraction of sp³-hybridized carbons (Fsp3) is 0.467.